The average molecular weight is 274 g/mol. The van der Waals surface area contributed by atoms with Gasteiger partial charge in [-0.25, -0.2) is 18.6 Å². The molecule has 2 aromatic carbocycles. The van der Waals surface area contributed by atoms with Crippen LogP contribution in [0.25, 0.3) is 16.7 Å². The molecule has 0 atom stereocenters. The summed E-state index contributed by atoms with van der Waals surface area (Å²) in [6.45, 7) is 0. The zero-order valence-corrected chi connectivity index (χ0v) is 10.0. The van der Waals surface area contributed by atoms with E-state index in [9.17, 15) is 13.6 Å². The van der Waals surface area contributed by atoms with Crippen LogP contribution < -0.4 is 0 Å². The van der Waals surface area contributed by atoms with Crippen molar-refractivity contribution in [1.29, 1.82) is 0 Å². The number of hydrogen-bond acceptors (Lipinski definition) is 2. The second-order valence-corrected chi connectivity index (χ2v) is 4.20. The number of benzene rings is 2. The van der Waals surface area contributed by atoms with Crippen LogP contribution in [0, 0.1) is 11.6 Å². The van der Waals surface area contributed by atoms with Gasteiger partial charge in [-0.05, 0) is 30.3 Å². The molecule has 0 aliphatic heterocycles. The maximum atomic E-state index is 13.8. The van der Waals surface area contributed by atoms with Gasteiger partial charge in [0.1, 0.15) is 6.33 Å². The summed E-state index contributed by atoms with van der Waals surface area (Å²) in [7, 11) is 0. The van der Waals surface area contributed by atoms with Crippen LogP contribution in [0.3, 0.4) is 0 Å². The van der Waals surface area contributed by atoms with E-state index in [1.807, 2.05) is 0 Å². The van der Waals surface area contributed by atoms with Gasteiger partial charge in [-0.15, -0.1) is 0 Å². The molecule has 4 nitrogen and oxygen atoms in total. The lowest BCUT2D eigenvalue weighted by Crippen LogP contribution is -2.00. The van der Waals surface area contributed by atoms with Crippen LogP contribution in [0.5, 0.6) is 0 Å². The summed E-state index contributed by atoms with van der Waals surface area (Å²) in [5.74, 6) is -3.08. The Bertz CT molecular complexity index is 827. The van der Waals surface area contributed by atoms with Crippen LogP contribution in [-0.4, -0.2) is 20.6 Å². The van der Waals surface area contributed by atoms with Gasteiger partial charge >= 0.3 is 5.97 Å². The van der Waals surface area contributed by atoms with Gasteiger partial charge in [0.2, 0.25) is 0 Å². The number of nitrogens with zero attached hydrogens (tertiary/aromatic N) is 2. The number of carboxylic acid groups (broad SMARTS) is 1. The molecule has 0 unspecified atom stereocenters. The Hall–Kier alpha value is -2.76. The summed E-state index contributed by atoms with van der Waals surface area (Å²) in [4.78, 5) is 15.0. The normalized spacial score (nSPS) is 10.9. The fraction of sp³-hybridized carbons (Fsp3) is 0. The van der Waals surface area contributed by atoms with Crippen molar-refractivity contribution in [3.05, 3.63) is 59.9 Å². The average Bonchev–Trinajstić information content (AvgIpc) is 2.84. The SMILES string of the molecule is O=C(O)c1ccc2ncn(-c3cccc(F)c3F)c2c1. The number of imidazole rings is 1. The lowest BCUT2D eigenvalue weighted by molar-refractivity contribution is 0.0697. The van der Waals surface area contributed by atoms with E-state index in [0.29, 0.717) is 11.0 Å². The number of carbonyl (C=O) groups is 1. The summed E-state index contributed by atoms with van der Waals surface area (Å²) in [5, 5.41) is 8.98. The third-order valence-electron chi connectivity index (χ3n) is 2.98. The largest absolute Gasteiger partial charge is 0.478 e. The minimum Gasteiger partial charge on any atom is -0.478 e. The molecule has 0 aliphatic carbocycles. The maximum absolute atomic E-state index is 13.8. The van der Waals surface area contributed by atoms with Crippen LogP contribution in [0.1, 0.15) is 10.4 Å². The van der Waals surface area contributed by atoms with Crippen molar-refractivity contribution in [2.24, 2.45) is 0 Å². The van der Waals surface area contributed by atoms with Crippen LogP contribution in [0.2, 0.25) is 0 Å². The molecule has 3 aromatic rings. The molecular formula is C14H8F2N2O2. The molecule has 1 N–H and O–H groups in total. The maximum Gasteiger partial charge on any atom is 0.335 e. The predicted molar refractivity (Wildman–Crippen MR) is 67.9 cm³/mol. The third kappa shape index (κ3) is 1.82. The van der Waals surface area contributed by atoms with Crippen LogP contribution >= 0.6 is 0 Å². The van der Waals surface area contributed by atoms with E-state index in [2.05, 4.69) is 4.98 Å². The topological polar surface area (TPSA) is 55.1 Å². The van der Waals surface area contributed by atoms with Crippen LogP contribution in [0.4, 0.5) is 8.78 Å². The van der Waals surface area contributed by atoms with E-state index in [1.165, 1.54) is 41.2 Å². The first-order chi connectivity index (χ1) is 9.58. The van der Waals surface area contributed by atoms with Crippen molar-refractivity contribution in [3.8, 4) is 5.69 Å². The monoisotopic (exact) mass is 274 g/mol. The predicted octanol–water partition coefficient (Wildman–Crippen LogP) is 3.00. The third-order valence-corrected chi connectivity index (χ3v) is 2.98. The highest BCUT2D eigenvalue weighted by Gasteiger charge is 2.13. The van der Waals surface area contributed by atoms with Crippen molar-refractivity contribution in [3.63, 3.8) is 0 Å². The van der Waals surface area contributed by atoms with E-state index in [1.54, 1.807) is 0 Å². The molecule has 100 valence electrons. The van der Waals surface area contributed by atoms with Crippen LogP contribution in [-0.2, 0) is 0 Å². The van der Waals surface area contributed by atoms with Gasteiger partial charge in [0.15, 0.2) is 11.6 Å². The summed E-state index contributed by atoms with van der Waals surface area (Å²) in [6, 6.07) is 8.08. The molecule has 0 bridgehead atoms. The van der Waals surface area contributed by atoms with Crippen molar-refractivity contribution >= 4 is 17.0 Å². The minimum absolute atomic E-state index is 0.0185. The quantitative estimate of drug-likeness (QED) is 0.781. The highest BCUT2D eigenvalue weighted by atomic mass is 19.2. The molecule has 0 fully saturated rings. The molecule has 0 amide bonds. The minimum atomic E-state index is -1.10. The Kier molecular flexibility index (Phi) is 2.71. The number of carboxylic acids is 1. The Balaban J connectivity index is 2.28. The van der Waals surface area contributed by atoms with E-state index in [-0.39, 0.29) is 11.3 Å². The van der Waals surface area contributed by atoms with Crippen molar-refractivity contribution in [2.75, 3.05) is 0 Å². The first-order valence-electron chi connectivity index (χ1n) is 5.72. The van der Waals surface area contributed by atoms with Gasteiger partial charge in [-0.3, -0.25) is 4.57 Å². The van der Waals surface area contributed by atoms with Crippen molar-refractivity contribution in [2.45, 2.75) is 0 Å². The van der Waals surface area contributed by atoms with E-state index in [4.69, 9.17) is 5.11 Å². The smallest absolute Gasteiger partial charge is 0.335 e. The number of aromatic carboxylic acids is 1. The molecular weight excluding hydrogens is 266 g/mol. The molecule has 20 heavy (non-hydrogen) atoms. The first kappa shape index (κ1) is 12.3. The van der Waals surface area contributed by atoms with Crippen LogP contribution in [0.15, 0.2) is 42.7 Å². The summed E-state index contributed by atoms with van der Waals surface area (Å²) in [6.07, 6.45) is 1.33. The molecule has 1 heterocycles. The summed E-state index contributed by atoms with van der Waals surface area (Å²) >= 11 is 0. The van der Waals surface area contributed by atoms with Crippen molar-refractivity contribution in [1.82, 2.24) is 9.55 Å². The fourth-order valence-electron chi connectivity index (χ4n) is 2.01. The van der Waals surface area contributed by atoms with E-state index < -0.39 is 17.6 Å². The van der Waals surface area contributed by atoms with Gasteiger partial charge in [0, 0.05) is 0 Å². The summed E-state index contributed by atoms with van der Waals surface area (Å²) in [5.41, 5.74) is 0.930. The van der Waals surface area contributed by atoms with Gasteiger partial charge < -0.3 is 5.11 Å². The molecule has 6 heteroatoms. The Labute approximate surface area is 111 Å². The molecule has 0 spiro atoms. The molecule has 3 rings (SSSR count). The van der Waals surface area contributed by atoms with E-state index in [0.717, 1.165) is 6.07 Å². The Morgan fingerprint density at radius 2 is 2.00 bits per heavy atom. The number of halogens is 2. The molecule has 0 saturated carbocycles. The molecule has 0 radical (unpaired) electrons. The fourth-order valence-corrected chi connectivity index (χ4v) is 2.01. The number of fused-ring (bicyclic) bond motifs is 1. The Morgan fingerprint density at radius 3 is 2.75 bits per heavy atom. The van der Waals surface area contributed by atoms with E-state index >= 15 is 0 Å². The summed E-state index contributed by atoms with van der Waals surface area (Å²) < 4.78 is 28.4. The second-order valence-electron chi connectivity index (χ2n) is 4.20. The zero-order chi connectivity index (χ0) is 14.3. The highest BCUT2D eigenvalue weighted by molar-refractivity contribution is 5.92. The van der Waals surface area contributed by atoms with Gasteiger partial charge in [-0.2, -0.15) is 0 Å². The van der Waals surface area contributed by atoms with Gasteiger partial charge in [0.05, 0.1) is 22.3 Å². The standard InChI is InChI=1S/C14H8F2N2O2/c15-9-2-1-3-11(13(9)16)18-7-17-10-5-4-8(14(19)20)6-12(10)18/h1-7H,(H,19,20). The lowest BCUT2D eigenvalue weighted by atomic mass is 10.2. The number of rotatable bonds is 2. The highest BCUT2D eigenvalue weighted by Crippen LogP contribution is 2.22. The number of hydrogen-bond donors (Lipinski definition) is 1. The van der Waals surface area contributed by atoms with Crippen molar-refractivity contribution < 1.29 is 18.7 Å². The van der Waals surface area contributed by atoms with Gasteiger partial charge in [-0.1, -0.05) is 6.07 Å². The molecule has 1 aromatic heterocycles. The number of aromatic nitrogens is 2. The first-order valence-corrected chi connectivity index (χ1v) is 5.72. The van der Waals surface area contributed by atoms with Gasteiger partial charge in [0.25, 0.3) is 0 Å². The molecule has 0 saturated heterocycles. The molecule has 0 aliphatic rings. The second kappa shape index (κ2) is 4.41. The lowest BCUT2D eigenvalue weighted by Gasteiger charge is -2.06. The Morgan fingerprint density at radius 1 is 1.20 bits per heavy atom. The zero-order valence-electron chi connectivity index (χ0n) is 10.0.